The smallest absolute Gasteiger partial charge is 0.174 e. The first-order valence-corrected chi connectivity index (χ1v) is 20.4. The fourth-order valence-corrected chi connectivity index (χ4v) is 8.50. The van der Waals surface area contributed by atoms with Crippen LogP contribution < -0.4 is 0 Å². The van der Waals surface area contributed by atoms with E-state index in [0.717, 1.165) is 108 Å². The molecule has 0 unspecified atom stereocenters. The molecule has 294 valence electrons. The van der Waals surface area contributed by atoms with Gasteiger partial charge in [-0.3, -0.25) is 0 Å². The van der Waals surface area contributed by atoms with Crippen molar-refractivity contribution in [2.45, 2.75) is 135 Å². The molecular formula is C48H60F6. The predicted octanol–water partition coefficient (Wildman–Crippen LogP) is 16.0. The molecule has 0 nitrogen and oxygen atoms in total. The first kappa shape index (κ1) is 43.2. The van der Waals surface area contributed by atoms with Gasteiger partial charge in [0, 0.05) is 0 Å². The number of aryl methyl sites for hydroxylation is 3. The van der Waals surface area contributed by atoms with Crippen molar-refractivity contribution in [3.63, 3.8) is 0 Å². The van der Waals surface area contributed by atoms with Crippen LogP contribution in [0.5, 0.6) is 0 Å². The zero-order chi connectivity index (χ0) is 38.9. The average molecular weight is 751 g/mol. The van der Waals surface area contributed by atoms with Crippen molar-refractivity contribution < 1.29 is 26.3 Å². The van der Waals surface area contributed by atoms with E-state index in [1.165, 1.54) is 39.8 Å². The Hall–Kier alpha value is -3.54. The number of hydrogen-bond acceptors (Lipinski definition) is 0. The van der Waals surface area contributed by atoms with Crippen LogP contribution in [0.3, 0.4) is 0 Å². The number of halogens is 6. The molecule has 0 spiro atoms. The van der Waals surface area contributed by atoms with Gasteiger partial charge < -0.3 is 0 Å². The van der Waals surface area contributed by atoms with E-state index >= 15 is 0 Å². The van der Waals surface area contributed by atoms with Gasteiger partial charge in [0.15, 0.2) is 0 Å². The van der Waals surface area contributed by atoms with Gasteiger partial charge in [-0.25, -0.2) is 0 Å². The van der Waals surface area contributed by atoms with Gasteiger partial charge in [-0.1, -0.05) is 98.6 Å². The van der Waals surface area contributed by atoms with E-state index in [2.05, 4.69) is 93.6 Å². The van der Waals surface area contributed by atoms with E-state index in [0.29, 0.717) is 17.8 Å². The van der Waals surface area contributed by atoms with Gasteiger partial charge in [0.25, 0.3) is 18.2 Å². The van der Waals surface area contributed by atoms with Crippen LogP contribution in [0.4, 0.5) is 26.3 Å². The SMILES string of the molecule is CCCc1ccc(C2CCC(C=C(F)F)CC2)cc1.CCc1ccc(C2CCC(C=C(F)F)CC2)cc1.Cc1ccc(C2CCC(C=C(F)F)CC2)cc1. The van der Waals surface area contributed by atoms with Crippen LogP contribution in [0.25, 0.3) is 0 Å². The van der Waals surface area contributed by atoms with Crippen LogP contribution in [-0.4, -0.2) is 0 Å². The maximum Gasteiger partial charge on any atom is 0.266 e. The molecule has 0 aromatic heterocycles. The zero-order valence-corrected chi connectivity index (χ0v) is 32.5. The quantitative estimate of drug-likeness (QED) is 0.191. The zero-order valence-electron chi connectivity index (χ0n) is 32.5. The molecule has 6 heteroatoms. The van der Waals surface area contributed by atoms with Crippen molar-refractivity contribution in [2.24, 2.45) is 17.8 Å². The lowest BCUT2D eigenvalue weighted by atomic mass is 9.78. The Balaban J connectivity index is 0.000000181. The van der Waals surface area contributed by atoms with Gasteiger partial charge >= 0.3 is 0 Å². The molecule has 0 N–H and O–H groups in total. The lowest BCUT2D eigenvalue weighted by molar-refractivity contribution is 0.350. The Kier molecular flexibility index (Phi) is 18.2. The monoisotopic (exact) mass is 750 g/mol. The highest BCUT2D eigenvalue weighted by molar-refractivity contribution is 5.28. The van der Waals surface area contributed by atoms with E-state index in [4.69, 9.17) is 0 Å². The van der Waals surface area contributed by atoms with Gasteiger partial charge in [-0.05, 0) is 178 Å². The molecule has 3 aromatic carbocycles. The molecule has 3 fully saturated rings. The molecular weight excluding hydrogens is 691 g/mol. The van der Waals surface area contributed by atoms with Gasteiger partial charge in [0.1, 0.15) is 0 Å². The molecule has 0 bridgehead atoms. The number of rotatable bonds is 9. The molecule has 0 radical (unpaired) electrons. The summed E-state index contributed by atoms with van der Waals surface area (Å²) in [7, 11) is 0. The summed E-state index contributed by atoms with van der Waals surface area (Å²) >= 11 is 0. The third-order valence-electron chi connectivity index (χ3n) is 11.8. The molecule has 3 saturated carbocycles. The van der Waals surface area contributed by atoms with Crippen LogP contribution in [0, 0.1) is 24.7 Å². The molecule has 54 heavy (non-hydrogen) atoms. The maximum absolute atomic E-state index is 12.2. The first-order chi connectivity index (χ1) is 26.0. The van der Waals surface area contributed by atoms with Crippen molar-refractivity contribution in [3.05, 3.63) is 143 Å². The van der Waals surface area contributed by atoms with E-state index in [9.17, 15) is 26.3 Å². The molecule has 3 aliphatic rings. The topological polar surface area (TPSA) is 0 Å². The summed E-state index contributed by atoms with van der Waals surface area (Å²) in [6, 6.07) is 26.3. The van der Waals surface area contributed by atoms with Crippen molar-refractivity contribution in [2.75, 3.05) is 0 Å². The summed E-state index contributed by atoms with van der Waals surface area (Å²) in [4.78, 5) is 0. The summed E-state index contributed by atoms with van der Waals surface area (Å²) in [6.07, 6.45) is 13.7. The highest BCUT2D eigenvalue weighted by atomic mass is 19.3. The van der Waals surface area contributed by atoms with Crippen LogP contribution in [0.2, 0.25) is 0 Å². The Labute approximate surface area is 320 Å². The Morgan fingerprint density at radius 1 is 0.444 bits per heavy atom. The number of benzene rings is 3. The highest BCUT2D eigenvalue weighted by Gasteiger charge is 2.24. The second-order valence-electron chi connectivity index (χ2n) is 15.7. The molecule has 0 atom stereocenters. The summed E-state index contributed by atoms with van der Waals surface area (Å²) in [5.74, 6) is 1.93. The van der Waals surface area contributed by atoms with Gasteiger partial charge in [-0.15, -0.1) is 0 Å². The largest absolute Gasteiger partial charge is 0.266 e. The minimum Gasteiger partial charge on any atom is -0.174 e. The third kappa shape index (κ3) is 14.9. The van der Waals surface area contributed by atoms with E-state index < -0.39 is 18.2 Å². The minimum atomic E-state index is -1.52. The van der Waals surface area contributed by atoms with Crippen LogP contribution >= 0.6 is 0 Å². The summed E-state index contributed by atoms with van der Waals surface area (Å²) in [5.41, 5.74) is 8.12. The average Bonchev–Trinajstić information content (AvgIpc) is 3.17. The Morgan fingerprint density at radius 3 is 1.02 bits per heavy atom. The number of allylic oxidation sites excluding steroid dienone is 3. The second kappa shape index (κ2) is 22.7. The Morgan fingerprint density at radius 2 is 0.741 bits per heavy atom. The lowest BCUT2D eigenvalue weighted by Crippen LogP contribution is -2.11. The second-order valence-corrected chi connectivity index (χ2v) is 15.7. The molecule has 0 amide bonds. The van der Waals surface area contributed by atoms with E-state index in [1.807, 2.05) is 0 Å². The van der Waals surface area contributed by atoms with Crippen molar-refractivity contribution >= 4 is 0 Å². The van der Waals surface area contributed by atoms with Crippen LogP contribution in [0.1, 0.15) is 148 Å². The fraction of sp³-hybridized carbons (Fsp3) is 0.500. The van der Waals surface area contributed by atoms with Crippen LogP contribution in [0.15, 0.2) is 109 Å². The molecule has 0 saturated heterocycles. The van der Waals surface area contributed by atoms with Crippen LogP contribution in [-0.2, 0) is 12.8 Å². The Bertz CT molecular complexity index is 1570. The van der Waals surface area contributed by atoms with Crippen molar-refractivity contribution in [3.8, 4) is 0 Å². The molecule has 6 rings (SSSR count). The fourth-order valence-electron chi connectivity index (χ4n) is 8.50. The first-order valence-electron chi connectivity index (χ1n) is 20.4. The van der Waals surface area contributed by atoms with Gasteiger partial charge in [0.2, 0.25) is 0 Å². The highest BCUT2D eigenvalue weighted by Crippen LogP contribution is 2.39. The molecule has 3 aliphatic carbocycles. The molecule has 0 heterocycles. The van der Waals surface area contributed by atoms with Crippen molar-refractivity contribution in [1.29, 1.82) is 0 Å². The van der Waals surface area contributed by atoms with E-state index in [1.54, 1.807) is 0 Å². The minimum absolute atomic E-state index is 0.0839. The summed E-state index contributed by atoms with van der Waals surface area (Å²) in [6.45, 7) is 6.42. The maximum atomic E-state index is 12.2. The normalized spacial score (nSPS) is 23.7. The summed E-state index contributed by atoms with van der Waals surface area (Å²) < 4.78 is 73.1. The summed E-state index contributed by atoms with van der Waals surface area (Å²) in [5, 5.41) is 0. The van der Waals surface area contributed by atoms with E-state index in [-0.39, 0.29) is 17.8 Å². The third-order valence-corrected chi connectivity index (χ3v) is 11.8. The van der Waals surface area contributed by atoms with Gasteiger partial charge in [-0.2, -0.15) is 26.3 Å². The number of hydrogen-bond donors (Lipinski definition) is 0. The molecule has 3 aromatic rings. The standard InChI is InChI=1S/C17H22F2.C16H20F2.C15H18F2/c1-2-3-13-4-8-15(9-5-13)16-10-6-14(7-11-16)12-17(18)19;1-2-12-3-7-14(8-4-12)15-9-5-13(6-10-15)11-16(17)18;1-11-2-6-13(7-3-11)14-8-4-12(5-9-14)10-15(16)17/h4-5,8-9,12,14,16H,2-3,6-7,10-11H2,1H3;3-4,7-8,11,13,15H,2,5-6,9-10H2,1H3;2-3,6-7,10,12,14H,4-5,8-9H2,1H3. The van der Waals surface area contributed by atoms with Crippen molar-refractivity contribution in [1.82, 2.24) is 0 Å². The van der Waals surface area contributed by atoms with Gasteiger partial charge in [0.05, 0.1) is 0 Å². The predicted molar refractivity (Wildman–Crippen MR) is 212 cm³/mol. The molecule has 0 aliphatic heterocycles. The lowest BCUT2D eigenvalue weighted by Gasteiger charge is -2.27.